The molecular weight excluding hydrogens is 594 g/mol. The molecule has 0 aliphatic carbocycles. The molecule has 1 aromatic heterocycles. The molecule has 4 rings (SSSR count). The zero-order valence-corrected chi connectivity index (χ0v) is 24.2. The first-order chi connectivity index (χ1) is 20.6. The Morgan fingerprint density at radius 3 is 2.28 bits per heavy atom. The van der Waals surface area contributed by atoms with E-state index in [9.17, 15) is 29.1 Å². The molecule has 1 heterocycles. The van der Waals surface area contributed by atoms with Crippen LogP contribution in [0, 0.1) is 0 Å². The first kappa shape index (κ1) is 30.9. The quantitative estimate of drug-likeness (QED) is 0.119. The topological polar surface area (TPSA) is 172 Å². The molecule has 0 saturated carbocycles. The molecule has 0 radical (unpaired) electrons. The van der Waals surface area contributed by atoms with Gasteiger partial charge in [0.25, 0.3) is 5.91 Å². The Hall–Kier alpha value is -5.01. The molecule has 4 aromatic rings. The van der Waals surface area contributed by atoms with Gasteiger partial charge in [-0.3, -0.25) is 14.4 Å². The van der Waals surface area contributed by atoms with Gasteiger partial charge in [-0.25, -0.2) is 14.6 Å². The Bertz CT molecular complexity index is 1660. The van der Waals surface area contributed by atoms with Crippen molar-refractivity contribution >= 4 is 63.6 Å². The number of thiazole rings is 1. The van der Waals surface area contributed by atoms with Gasteiger partial charge in [0.15, 0.2) is 5.13 Å². The van der Waals surface area contributed by atoms with E-state index in [1.165, 1.54) is 23.1 Å². The third-order valence-electron chi connectivity index (χ3n) is 5.86. The largest absolute Gasteiger partial charge is 0.478 e. The van der Waals surface area contributed by atoms with Crippen LogP contribution in [0.4, 0.5) is 10.8 Å². The Morgan fingerprint density at radius 1 is 0.907 bits per heavy atom. The minimum atomic E-state index is -1.43. The lowest BCUT2D eigenvalue weighted by atomic mass is 10.0. The fourth-order valence-corrected chi connectivity index (χ4v) is 5.62. The summed E-state index contributed by atoms with van der Waals surface area (Å²) in [5.41, 5.74) is 0.731. The molecule has 220 valence electrons. The van der Waals surface area contributed by atoms with E-state index in [0.717, 1.165) is 23.8 Å². The number of nitrogens with one attached hydrogen (secondary N) is 2. The van der Waals surface area contributed by atoms with Gasteiger partial charge in [-0.15, -0.1) is 23.1 Å². The number of aromatic nitrogens is 1. The van der Waals surface area contributed by atoms with Crippen molar-refractivity contribution in [1.82, 2.24) is 4.98 Å². The SMILES string of the molecule is CCOC(=O)Cc1csc(NC(=O)C(Sc2ccc(NC(=O)c3ccc(C(=O)O)cc3C(=O)O)cc2)c2ccccc2)n1. The molecule has 0 spiro atoms. The number of hydrogen-bond donors (Lipinski definition) is 4. The van der Waals surface area contributed by atoms with Crippen LogP contribution in [0.25, 0.3) is 0 Å². The van der Waals surface area contributed by atoms with Crippen molar-refractivity contribution in [3.63, 3.8) is 0 Å². The minimum absolute atomic E-state index is 0.00518. The standard InChI is InChI=1S/C30H25N3O8S2/c1-2-41-24(34)15-20-16-42-30(32-20)33-27(36)25(17-6-4-3-5-7-17)43-21-11-9-19(10-12-21)31-26(35)22-13-8-18(28(37)38)14-23(22)29(39)40/h3-14,16,25H,2,15H2,1H3,(H,31,35)(H,37,38)(H,39,40)(H,32,33,36). The van der Waals surface area contributed by atoms with Gasteiger partial charge in [0, 0.05) is 16.0 Å². The van der Waals surface area contributed by atoms with E-state index in [-0.39, 0.29) is 30.1 Å². The average Bonchev–Trinajstić information content (AvgIpc) is 3.42. The molecule has 4 N–H and O–H groups in total. The molecule has 13 heteroatoms. The molecule has 2 amide bonds. The molecule has 0 aliphatic heterocycles. The Labute approximate surface area is 253 Å². The average molecular weight is 620 g/mol. The first-order valence-corrected chi connectivity index (χ1v) is 14.5. The zero-order chi connectivity index (χ0) is 30.9. The number of carbonyl (C=O) groups is 5. The molecule has 1 unspecified atom stereocenters. The Morgan fingerprint density at radius 2 is 1.63 bits per heavy atom. The summed E-state index contributed by atoms with van der Waals surface area (Å²) in [6, 6.07) is 19.0. The number of amides is 2. The summed E-state index contributed by atoms with van der Waals surface area (Å²) in [7, 11) is 0. The number of carboxylic acid groups (broad SMARTS) is 2. The van der Waals surface area contributed by atoms with Gasteiger partial charge in [-0.05, 0) is 55.0 Å². The van der Waals surface area contributed by atoms with Crippen molar-refractivity contribution in [2.24, 2.45) is 0 Å². The fourth-order valence-electron chi connectivity index (χ4n) is 3.88. The summed E-state index contributed by atoms with van der Waals surface area (Å²) >= 11 is 2.47. The number of aromatic carboxylic acids is 2. The van der Waals surface area contributed by atoms with E-state index in [4.69, 9.17) is 9.84 Å². The fraction of sp³-hybridized carbons (Fsp3) is 0.133. The van der Waals surface area contributed by atoms with Crippen LogP contribution in [-0.4, -0.2) is 51.5 Å². The molecule has 0 saturated heterocycles. The van der Waals surface area contributed by atoms with Crippen LogP contribution in [0.3, 0.4) is 0 Å². The van der Waals surface area contributed by atoms with Crippen molar-refractivity contribution in [3.8, 4) is 0 Å². The maximum absolute atomic E-state index is 13.4. The van der Waals surface area contributed by atoms with Gasteiger partial charge < -0.3 is 25.6 Å². The number of nitrogens with zero attached hydrogens (tertiary/aromatic N) is 1. The number of carbonyl (C=O) groups excluding carboxylic acids is 3. The predicted octanol–water partition coefficient (Wildman–Crippen LogP) is 5.37. The Balaban J connectivity index is 1.47. The second kappa shape index (κ2) is 14.2. The van der Waals surface area contributed by atoms with E-state index in [2.05, 4.69) is 15.6 Å². The van der Waals surface area contributed by atoms with Crippen LogP contribution >= 0.6 is 23.1 Å². The first-order valence-electron chi connectivity index (χ1n) is 12.8. The number of thioether (sulfide) groups is 1. The molecular formula is C30H25N3O8S2. The highest BCUT2D eigenvalue weighted by Gasteiger charge is 2.24. The maximum Gasteiger partial charge on any atom is 0.336 e. The molecule has 0 bridgehead atoms. The molecule has 11 nitrogen and oxygen atoms in total. The third kappa shape index (κ3) is 8.27. The summed E-state index contributed by atoms with van der Waals surface area (Å²) in [5, 5.41) is 25.4. The van der Waals surface area contributed by atoms with Gasteiger partial charge in [0.2, 0.25) is 5.91 Å². The lowest BCUT2D eigenvalue weighted by Crippen LogP contribution is -2.19. The number of benzene rings is 3. The number of esters is 1. The summed E-state index contributed by atoms with van der Waals surface area (Å²) in [6.45, 7) is 1.99. The zero-order valence-electron chi connectivity index (χ0n) is 22.6. The van der Waals surface area contributed by atoms with Gasteiger partial charge in [-0.2, -0.15) is 0 Å². The number of carboxylic acids is 2. The van der Waals surface area contributed by atoms with Crippen molar-refractivity contribution in [1.29, 1.82) is 0 Å². The van der Waals surface area contributed by atoms with E-state index in [0.29, 0.717) is 21.4 Å². The lowest BCUT2D eigenvalue weighted by Gasteiger charge is -2.16. The number of rotatable bonds is 12. The van der Waals surface area contributed by atoms with Crippen molar-refractivity contribution in [2.45, 2.75) is 23.5 Å². The van der Waals surface area contributed by atoms with Gasteiger partial charge >= 0.3 is 17.9 Å². The Kier molecular flexibility index (Phi) is 10.3. The van der Waals surface area contributed by atoms with E-state index >= 15 is 0 Å². The van der Waals surface area contributed by atoms with Crippen LogP contribution in [0.2, 0.25) is 0 Å². The second-order valence-electron chi connectivity index (χ2n) is 8.87. The van der Waals surface area contributed by atoms with Crippen LogP contribution in [0.1, 0.15) is 54.5 Å². The van der Waals surface area contributed by atoms with Crippen LogP contribution < -0.4 is 10.6 Å². The van der Waals surface area contributed by atoms with Gasteiger partial charge in [0.05, 0.1) is 35.4 Å². The van der Waals surface area contributed by atoms with Crippen molar-refractivity contribution in [3.05, 3.63) is 106 Å². The highest BCUT2D eigenvalue weighted by molar-refractivity contribution is 8.00. The van der Waals surface area contributed by atoms with E-state index in [1.807, 2.05) is 30.3 Å². The molecule has 1 atom stereocenters. The summed E-state index contributed by atoms with van der Waals surface area (Å²) < 4.78 is 4.95. The number of ether oxygens (including phenoxy) is 1. The molecule has 0 fully saturated rings. The smallest absolute Gasteiger partial charge is 0.336 e. The predicted molar refractivity (Wildman–Crippen MR) is 161 cm³/mol. The summed E-state index contributed by atoms with van der Waals surface area (Å²) in [6.07, 6.45) is 0.00518. The minimum Gasteiger partial charge on any atom is -0.478 e. The van der Waals surface area contributed by atoms with Crippen molar-refractivity contribution in [2.75, 3.05) is 17.2 Å². The lowest BCUT2D eigenvalue weighted by molar-refractivity contribution is -0.142. The van der Waals surface area contributed by atoms with E-state index < -0.39 is 34.6 Å². The highest BCUT2D eigenvalue weighted by Crippen LogP contribution is 2.37. The molecule has 0 aliphatic rings. The van der Waals surface area contributed by atoms with Crippen LogP contribution in [-0.2, 0) is 20.7 Å². The third-order valence-corrected chi connectivity index (χ3v) is 7.93. The van der Waals surface area contributed by atoms with E-state index in [1.54, 1.807) is 36.6 Å². The normalized spacial score (nSPS) is 11.3. The summed E-state index contributed by atoms with van der Waals surface area (Å²) in [5.74, 6) is -4.19. The van der Waals surface area contributed by atoms with Crippen LogP contribution in [0.15, 0.2) is 83.1 Å². The summed E-state index contributed by atoms with van der Waals surface area (Å²) in [4.78, 5) is 65.8. The number of hydrogen-bond acceptors (Lipinski definition) is 9. The van der Waals surface area contributed by atoms with Crippen molar-refractivity contribution < 1.29 is 38.9 Å². The number of anilines is 2. The maximum atomic E-state index is 13.4. The van der Waals surface area contributed by atoms with Gasteiger partial charge in [-0.1, -0.05) is 30.3 Å². The molecule has 3 aromatic carbocycles. The second-order valence-corrected chi connectivity index (χ2v) is 10.9. The highest BCUT2D eigenvalue weighted by atomic mass is 32.2. The van der Waals surface area contributed by atoms with Gasteiger partial charge in [0.1, 0.15) is 5.25 Å². The van der Waals surface area contributed by atoms with Crippen LogP contribution in [0.5, 0.6) is 0 Å². The molecule has 43 heavy (non-hydrogen) atoms. The monoisotopic (exact) mass is 619 g/mol.